The van der Waals surface area contributed by atoms with Crippen molar-refractivity contribution in [2.45, 2.75) is 65.5 Å². The van der Waals surface area contributed by atoms with Crippen molar-refractivity contribution in [1.82, 2.24) is 5.32 Å². The number of alkyl carbamates (subject to hydrolysis) is 1. The minimum atomic E-state index is -0.501. The molecule has 0 saturated heterocycles. The van der Waals surface area contributed by atoms with Gasteiger partial charge in [0, 0.05) is 44.0 Å². The fourth-order valence-corrected chi connectivity index (χ4v) is 4.07. The first-order chi connectivity index (χ1) is 12.7. The highest BCUT2D eigenvalue weighted by molar-refractivity contribution is 5.94. The molecule has 0 aromatic heterocycles. The zero-order valence-corrected chi connectivity index (χ0v) is 17.1. The van der Waals surface area contributed by atoms with Gasteiger partial charge in [0.25, 0.3) is 0 Å². The molecule has 0 spiro atoms. The third-order valence-corrected chi connectivity index (χ3v) is 5.05. The van der Waals surface area contributed by atoms with E-state index in [9.17, 15) is 9.59 Å². The molecular weight excluding hydrogens is 342 g/mol. The van der Waals surface area contributed by atoms with Crippen molar-refractivity contribution in [3.8, 4) is 0 Å². The van der Waals surface area contributed by atoms with Gasteiger partial charge in [-0.15, -0.1) is 0 Å². The summed E-state index contributed by atoms with van der Waals surface area (Å²) in [4.78, 5) is 28.3. The van der Waals surface area contributed by atoms with Gasteiger partial charge in [-0.3, -0.25) is 4.79 Å². The van der Waals surface area contributed by atoms with Crippen LogP contribution in [0.5, 0.6) is 0 Å². The van der Waals surface area contributed by atoms with E-state index in [4.69, 9.17) is 4.74 Å². The van der Waals surface area contributed by atoms with Crippen LogP contribution in [-0.4, -0.2) is 43.3 Å². The van der Waals surface area contributed by atoms with Crippen LogP contribution in [0.4, 0.5) is 16.2 Å². The number of anilines is 2. The number of hydrogen-bond donors (Lipinski definition) is 1. The van der Waals surface area contributed by atoms with Crippen LogP contribution in [0.25, 0.3) is 0 Å². The molecule has 1 atom stereocenters. The van der Waals surface area contributed by atoms with Crippen molar-refractivity contribution in [2.75, 3.05) is 29.4 Å². The molecule has 2 aliphatic heterocycles. The van der Waals surface area contributed by atoms with E-state index in [1.807, 2.05) is 32.6 Å². The minimum Gasteiger partial charge on any atom is -0.444 e. The van der Waals surface area contributed by atoms with Gasteiger partial charge in [-0.2, -0.15) is 0 Å². The molecule has 0 aliphatic carbocycles. The van der Waals surface area contributed by atoms with E-state index in [1.165, 1.54) is 16.8 Å². The molecule has 2 amide bonds. The highest BCUT2D eigenvalue weighted by atomic mass is 16.6. The Morgan fingerprint density at radius 3 is 2.63 bits per heavy atom. The maximum absolute atomic E-state index is 12.0. The summed E-state index contributed by atoms with van der Waals surface area (Å²) in [5.74, 6) is 0.0976. The number of carbonyl (C=O) groups is 2. The summed E-state index contributed by atoms with van der Waals surface area (Å²) in [5.41, 5.74) is 4.42. The van der Waals surface area contributed by atoms with Crippen molar-refractivity contribution < 1.29 is 14.3 Å². The fourth-order valence-electron chi connectivity index (χ4n) is 4.07. The topological polar surface area (TPSA) is 61.9 Å². The summed E-state index contributed by atoms with van der Waals surface area (Å²) >= 11 is 0. The van der Waals surface area contributed by atoms with Gasteiger partial charge < -0.3 is 19.9 Å². The summed E-state index contributed by atoms with van der Waals surface area (Å²) in [6.07, 6.45) is 2.60. The van der Waals surface area contributed by atoms with E-state index in [0.717, 1.165) is 44.6 Å². The van der Waals surface area contributed by atoms with Gasteiger partial charge in [-0.25, -0.2) is 4.79 Å². The minimum absolute atomic E-state index is 0.0332. The van der Waals surface area contributed by atoms with Crippen molar-refractivity contribution in [1.29, 1.82) is 0 Å². The Morgan fingerprint density at radius 1 is 1.22 bits per heavy atom. The zero-order valence-electron chi connectivity index (χ0n) is 17.1. The lowest BCUT2D eigenvalue weighted by Crippen LogP contribution is -2.44. The van der Waals surface area contributed by atoms with Gasteiger partial charge in [0.2, 0.25) is 5.91 Å². The molecule has 2 aliphatic rings. The van der Waals surface area contributed by atoms with Gasteiger partial charge in [0.15, 0.2) is 0 Å². The number of fused-ring (bicyclic) bond motifs is 3. The standard InChI is InChI=1S/C21H31N3O3/c1-14(22-20(26)27-21(3,4)5)13-23-12-10-16-8-9-18-17(19(16)23)7-6-11-24(18)15(2)25/h8-9,14H,6-7,10-13H2,1-5H3,(H,22,26). The molecule has 1 aromatic carbocycles. The van der Waals surface area contributed by atoms with Gasteiger partial charge in [0.05, 0.1) is 0 Å². The first-order valence-electron chi connectivity index (χ1n) is 9.83. The third kappa shape index (κ3) is 4.37. The lowest BCUT2D eigenvalue weighted by molar-refractivity contribution is -0.116. The van der Waals surface area contributed by atoms with Crippen molar-refractivity contribution in [3.05, 3.63) is 23.3 Å². The highest BCUT2D eigenvalue weighted by Crippen LogP contribution is 2.40. The summed E-state index contributed by atoms with van der Waals surface area (Å²) in [5, 5.41) is 2.93. The quantitative estimate of drug-likeness (QED) is 0.883. The molecule has 1 unspecified atom stereocenters. The molecule has 3 rings (SSSR count). The van der Waals surface area contributed by atoms with Crippen LogP contribution < -0.4 is 15.1 Å². The predicted molar refractivity (Wildman–Crippen MR) is 108 cm³/mol. The molecule has 1 aromatic rings. The molecule has 27 heavy (non-hydrogen) atoms. The Hall–Kier alpha value is -2.24. The second-order valence-corrected chi connectivity index (χ2v) is 8.59. The summed E-state index contributed by atoms with van der Waals surface area (Å²) < 4.78 is 5.36. The number of nitrogens with zero attached hydrogens (tertiary/aromatic N) is 2. The second-order valence-electron chi connectivity index (χ2n) is 8.59. The molecule has 2 heterocycles. The lowest BCUT2D eigenvalue weighted by atomic mass is 9.96. The fraction of sp³-hybridized carbons (Fsp3) is 0.619. The maximum Gasteiger partial charge on any atom is 0.407 e. The number of hydrogen-bond acceptors (Lipinski definition) is 4. The monoisotopic (exact) mass is 373 g/mol. The first kappa shape index (κ1) is 19.5. The number of ether oxygens (including phenoxy) is 1. The van der Waals surface area contributed by atoms with Crippen LogP contribution in [0.1, 0.15) is 52.2 Å². The van der Waals surface area contributed by atoms with E-state index in [-0.39, 0.29) is 18.0 Å². The Morgan fingerprint density at radius 2 is 1.96 bits per heavy atom. The molecule has 148 valence electrons. The van der Waals surface area contributed by atoms with E-state index in [0.29, 0.717) is 0 Å². The third-order valence-electron chi connectivity index (χ3n) is 5.05. The van der Waals surface area contributed by atoms with Crippen LogP contribution in [-0.2, 0) is 22.4 Å². The summed E-state index contributed by atoms with van der Waals surface area (Å²) in [6.45, 7) is 11.7. The lowest BCUT2D eigenvalue weighted by Gasteiger charge is -2.33. The van der Waals surface area contributed by atoms with Gasteiger partial charge in [-0.05, 0) is 64.2 Å². The zero-order chi connectivity index (χ0) is 19.8. The van der Waals surface area contributed by atoms with Crippen LogP contribution in [0.3, 0.4) is 0 Å². The molecule has 0 radical (unpaired) electrons. The molecule has 0 bridgehead atoms. The van der Waals surface area contributed by atoms with Crippen molar-refractivity contribution in [2.24, 2.45) is 0 Å². The average molecular weight is 373 g/mol. The van der Waals surface area contributed by atoms with Crippen LogP contribution in [0.15, 0.2) is 12.1 Å². The molecule has 6 nitrogen and oxygen atoms in total. The van der Waals surface area contributed by atoms with E-state index in [2.05, 4.69) is 22.3 Å². The van der Waals surface area contributed by atoms with Gasteiger partial charge in [0.1, 0.15) is 5.60 Å². The summed E-state index contributed by atoms with van der Waals surface area (Å²) in [7, 11) is 0. The van der Waals surface area contributed by atoms with Gasteiger partial charge in [-0.1, -0.05) is 6.07 Å². The van der Waals surface area contributed by atoms with E-state index >= 15 is 0 Å². The Bertz CT molecular complexity index is 739. The normalized spacial score (nSPS) is 17.2. The number of benzene rings is 1. The first-order valence-corrected chi connectivity index (χ1v) is 9.83. The SMILES string of the molecule is CC(=O)N1CCCc2c1ccc1c2N(CC(C)NC(=O)OC(C)(C)C)CC1. The largest absolute Gasteiger partial charge is 0.444 e. The van der Waals surface area contributed by atoms with Crippen LogP contribution >= 0.6 is 0 Å². The van der Waals surface area contributed by atoms with Gasteiger partial charge >= 0.3 is 6.09 Å². The number of rotatable bonds is 3. The van der Waals surface area contributed by atoms with Crippen LogP contribution in [0.2, 0.25) is 0 Å². The van der Waals surface area contributed by atoms with E-state index < -0.39 is 5.60 Å². The Kier molecular flexibility index (Phi) is 5.36. The molecule has 0 saturated carbocycles. The molecule has 1 N–H and O–H groups in total. The maximum atomic E-state index is 12.0. The molecule has 6 heteroatoms. The Balaban J connectivity index is 1.75. The number of amides is 2. The highest BCUT2D eigenvalue weighted by Gasteiger charge is 2.30. The predicted octanol–water partition coefficient (Wildman–Crippen LogP) is 3.26. The molecule has 0 fully saturated rings. The smallest absolute Gasteiger partial charge is 0.407 e. The average Bonchev–Trinajstić information content (AvgIpc) is 2.95. The number of nitrogens with one attached hydrogen (secondary N) is 1. The molecular formula is C21H31N3O3. The van der Waals surface area contributed by atoms with Crippen molar-refractivity contribution in [3.63, 3.8) is 0 Å². The number of carbonyl (C=O) groups excluding carboxylic acids is 2. The van der Waals surface area contributed by atoms with Crippen molar-refractivity contribution >= 4 is 23.4 Å². The second kappa shape index (κ2) is 7.41. The Labute approximate surface area is 161 Å². The summed E-state index contributed by atoms with van der Waals surface area (Å²) in [6, 6.07) is 4.22. The van der Waals surface area contributed by atoms with E-state index in [1.54, 1.807) is 6.92 Å². The van der Waals surface area contributed by atoms with Crippen LogP contribution in [0, 0.1) is 0 Å².